The zero-order valence-electron chi connectivity index (χ0n) is 20.2. The van der Waals surface area contributed by atoms with Gasteiger partial charge < -0.3 is 14.0 Å². The lowest BCUT2D eigenvalue weighted by atomic mass is 10.1. The van der Waals surface area contributed by atoms with Crippen LogP contribution in [0.2, 0.25) is 0 Å². The number of carbonyl (C=O) groups excluding carboxylic acids is 4. The summed E-state index contributed by atoms with van der Waals surface area (Å²) in [5.74, 6) is -2.00. The van der Waals surface area contributed by atoms with Crippen molar-refractivity contribution < 1.29 is 28.7 Å². The third kappa shape index (κ3) is 5.18. The summed E-state index contributed by atoms with van der Waals surface area (Å²) in [6.07, 6.45) is 2.39. The first-order valence-electron chi connectivity index (χ1n) is 11.7. The summed E-state index contributed by atoms with van der Waals surface area (Å²) < 4.78 is 12.0. The minimum Gasteiger partial charge on any atom is -0.465 e. The third-order valence-electron chi connectivity index (χ3n) is 6.38. The number of rotatable bonds is 9. The van der Waals surface area contributed by atoms with E-state index in [-0.39, 0.29) is 35.9 Å². The topological polar surface area (TPSA) is 107 Å². The average Bonchev–Trinajstić information content (AvgIpc) is 3.49. The van der Waals surface area contributed by atoms with Crippen LogP contribution in [-0.2, 0) is 19.1 Å². The summed E-state index contributed by atoms with van der Waals surface area (Å²) in [5, 5.41) is 5.74. The summed E-state index contributed by atoms with van der Waals surface area (Å²) in [7, 11) is 1.27. The SMILES string of the molecule is COC(=O)c1c(C(=O)COC(=O)CCC(=O)N2CCC(c3ccccc3)=N2)c(C)n(C2CC2)c1C. The van der Waals surface area contributed by atoms with Gasteiger partial charge in [0.1, 0.15) is 0 Å². The molecule has 2 heterocycles. The Kier molecular flexibility index (Phi) is 7.14. The zero-order valence-corrected chi connectivity index (χ0v) is 20.2. The smallest absolute Gasteiger partial charge is 0.340 e. The molecule has 4 rings (SSSR count). The standard InChI is InChI=1S/C26H29N3O6/c1-16-24(25(26(33)34-3)17(2)29(16)19-9-10-19)21(30)15-35-23(32)12-11-22(31)28-14-13-20(27-28)18-7-5-4-6-8-18/h4-8,19H,9-15H2,1-3H3. The molecule has 1 aliphatic heterocycles. The number of methoxy groups -OCH3 is 1. The monoisotopic (exact) mass is 479 g/mol. The average molecular weight is 480 g/mol. The predicted molar refractivity (Wildman–Crippen MR) is 127 cm³/mol. The van der Waals surface area contributed by atoms with Crippen molar-refractivity contribution in [2.24, 2.45) is 5.10 Å². The lowest BCUT2D eigenvalue weighted by Crippen LogP contribution is -2.24. The van der Waals surface area contributed by atoms with Crippen LogP contribution in [0.5, 0.6) is 0 Å². The number of carbonyl (C=O) groups is 4. The fourth-order valence-electron chi connectivity index (χ4n) is 4.53. The lowest BCUT2D eigenvalue weighted by Gasteiger charge is -2.11. The van der Waals surface area contributed by atoms with Gasteiger partial charge >= 0.3 is 11.9 Å². The summed E-state index contributed by atoms with van der Waals surface area (Å²) in [6.45, 7) is 3.53. The van der Waals surface area contributed by atoms with Gasteiger partial charge in [-0.25, -0.2) is 9.80 Å². The summed E-state index contributed by atoms with van der Waals surface area (Å²) in [5.41, 5.74) is 3.59. The lowest BCUT2D eigenvalue weighted by molar-refractivity contribution is -0.145. The fourth-order valence-corrected chi connectivity index (χ4v) is 4.53. The van der Waals surface area contributed by atoms with E-state index in [9.17, 15) is 19.2 Å². The van der Waals surface area contributed by atoms with Crippen molar-refractivity contribution in [2.45, 2.75) is 52.0 Å². The normalized spacial score (nSPS) is 15.1. The molecule has 2 aliphatic rings. The van der Waals surface area contributed by atoms with E-state index < -0.39 is 24.3 Å². The summed E-state index contributed by atoms with van der Waals surface area (Å²) in [4.78, 5) is 50.1. The van der Waals surface area contributed by atoms with Crippen molar-refractivity contribution in [2.75, 3.05) is 20.3 Å². The molecule has 0 N–H and O–H groups in total. The van der Waals surface area contributed by atoms with Crippen molar-refractivity contribution in [3.63, 3.8) is 0 Å². The molecular weight excluding hydrogens is 450 g/mol. The van der Waals surface area contributed by atoms with E-state index in [1.165, 1.54) is 12.1 Å². The Balaban J connectivity index is 1.33. The van der Waals surface area contributed by atoms with E-state index in [1.807, 2.05) is 34.9 Å². The van der Waals surface area contributed by atoms with Crippen LogP contribution in [0.1, 0.15) is 75.8 Å². The number of ether oxygens (including phenoxy) is 2. The van der Waals surface area contributed by atoms with Crippen LogP contribution in [0.15, 0.2) is 35.4 Å². The third-order valence-corrected chi connectivity index (χ3v) is 6.38. The van der Waals surface area contributed by atoms with Gasteiger partial charge in [0.15, 0.2) is 6.61 Å². The molecule has 1 aliphatic carbocycles. The second-order valence-corrected chi connectivity index (χ2v) is 8.78. The van der Waals surface area contributed by atoms with E-state index in [0.717, 1.165) is 24.1 Å². The minimum absolute atomic E-state index is 0.0673. The number of ketones is 1. The highest BCUT2D eigenvalue weighted by atomic mass is 16.5. The first-order valence-corrected chi connectivity index (χ1v) is 11.7. The maximum absolute atomic E-state index is 12.9. The number of aromatic nitrogens is 1. The molecule has 0 radical (unpaired) electrons. The van der Waals surface area contributed by atoms with E-state index in [0.29, 0.717) is 24.4 Å². The van der Waals surface area contributed by atoms with Gasteiger partial charge in [-0.1, -0.05) is 30.3 Å². The van der Waals surface area contributed by atoms with Crippen molar-refractivity contribution in [3.8, 4) is 0 Å². The van der Waals surface area contributed by atoms with Crippen molar-refractivity contribution in [3.05, 3.63) is 58.4 Å². The van der Waals surface area contributed by atoms with Crippen molar-refractivity contribution >= 4 is 29.3 Å². The molecule has 35 heavy (non-hydrogen) atoms. The number of hydrogen-bond acceptors (Lipinski definition) is 7. The quantitative estimate of drug-likeness (QED) is 0.403. The summed E-state index contributed by atoms with van der Waals surface area (Å²) in [6, 6.07) is 9.89. The van der Waals surface area contributed by atoms with Crippen LogP contribution in [-0.4, -0.2) is 59.2 Å². The molecule has 0 bridgehead atoms. The van der Waals surface area contributed by atoms with E-state index >= 15 is 0 Å². The molecule has 0 spiro atoms. The Labute approximate surface area is 203 Å². The number of esters is 2. The molecule has 1 aromatic heterocycles. The van der Waals surface area contributed by atoms with Crippen molar-refractivity contribution in [1.82, 2.24) is 9.58 Å². The van der Waals surface area contributed by atoms with Crippen LogP contribution < -0.4 is 0 Å². The van der Waals surface area contributed by atoms with Crippen LogP contribution >= 0.6 is 0 Å². The highest BCUT2D eigenvalue weighted by Gasteiger charge is 2.34. The minimum atomic E-state index is -0.659. The fraction of sp³-hybridized carbons (Fsp3) is 0.423. The van der Waals surface area contributed by atoms with Gasteiger partial charge in [0, 0.05) is 30.3 Å². The largest absolute Gasteiger partial charge is 0.465 e. The van der Waals surface area contributed by atoms with Crippen LogP contribution in [0.3, 0.4) is 0 Å². The molecule has 1 saturated carbocycles. The van der Waals surface area contributed by atoms with Crippen LogP contribution in [0.4, 0.5) is 0 Å². The van der Waals surface area contributed by atoms with E-state index in [1.54, 1.807) is 13.8 Å². The molecule has 0 atom stereocenters. The number of hydrazone groups is 1. The van der Waals surface area contributed by atoms with Gasteiger partial charge in [-0.05, 0) is 32.3 Å². The zero-order chi connectivity index (χ0) is 25.1. The second kappa shape index (κ2) is 10.2. The number of hydrogen-bond donors (Lipinski definition) is 0. The molecule has 1 fully saturated rings. The van der Waals surface area contributed by atoms with Crippen molar-refractivity contribution in [1.29, 1.82) is 0 Å². The van der Waals surface area contributed by atoms with Gasteiger partial charge in [-0.15, -0.1) is 0 Å². The first-order chi connectivity index (χ1) is 16.8. The number of nitrogens with zero attached hydrogens (tertiary/aromatic N) is 3. The molecule has 9 heteroatoms. The van der Waals surface area contributed by atoms with Gasteiger partial charge in [0.2, 0.25) is 11.7 Å². The van der Waals surface area contributed by atoms with E-state index in [2.05, 4.69) is 5.10 Å². The van der Waals surface area contributed by atoms with Gasteiger partial charge in [-0.3, -0.25) is 14.4 Å². The predicted octanol–water partition coefficient (Wildman–Crippen LogP) is 3.37. The van der Waals surface area contributed by atoms with Crippen LogP contribution in [0, 0.1) is 13.8 Å². The molecular formula is C26H29N3O6. The molecule has 2 aromatic rings. The highest BCUT2D eigenvalue weighted by Crippen LogP contribution is 2.40. The molecule has 0 saturated heterocycles. The van der Waals surface area contributed by atoms with Gasteiger partial charge in [0.05, 0.1) is 36.9 Å². The van der Waals surface area contributed by atoms with E-state index in [4.69, 9.17) is 9.47 Å². The highest BCUT2D eigenvalue weighted by molar-refractivity contribution is 6.09. The number of Topliss-reactive ketones (excluding diaryl/α,β-unsaturated/α-hetero) is 1. The Morgan fingerprint density at radius 3 is 2.34 bits per heavy atom. The maximum Gasteiger partial charge on any atom is 0.340 e. The first kappa shape index (κ1) is 24.4. The number of benzene rings is 1. The second-order valence-electron chi connectivity index (χ2n) is 8.78. The Morgan fingerprint density at radius 2 is 1.69 bits per heavy atom. The van der Waals surface area contributed by atoms with Gasteiger partial charge in [-0.2, -0.15) is 5.10 Å². The molecule has 184 valence electrons. The Bertz CT molecular complexity index is 1190. The molecule has 9 nitrogen and oxygen atoms in total. The Hall–Kier alpha value is -3.75. The molecule has 1 aromatic carbocycles. The maximum atomic E-state index is 12.9. The van der Waals surface area contributed by atoms with Crippen LogP contribution in [0.25, 0.3) is 0 Å². The Morgan fingerprint density at radius 1 is 1.00 bits per heavy atom. The number of amides is 1. The molecule has 0 unspecified atom stereocenters. The summed E-state index contributed by atoms with van der Waals surface area (Å²) >= 11 is 0. The van der Waals surface area contributed by atoms with Gasteiger partial charge in [0.25, 0.3) is 0 Å². The molecule has 1 amide bonds.